The van der Waals surface area contributed by atoms with Crippen LogP contribution in [0.5, 0.6) is 0 Å². The maximum atomic E-state index is 12.9. The first kappa shape index (κ1) is 19.6. The molecule has 2 saturated heterocycles. The van der Waals surface area contributed by atoms with Crippen molar-refractivity contribution in [2.45, 2.75) is 24.9 Å². The van der Waals surface area contributed by atoms with Crippen molar-refractivity contribution in [2.75, 3.05) is 32.8 Å². The summed E-state index contributed by atoms with van der Waals surface area (Å²) in [6, 6.07) is 13.0. The molecule has 154 valence electrons. The molecule has 4 heterocycles. The molecule has 1 unspecified atom stereocenters. The molecule has 1 aromatic carbocycles. The van der Waals surface area contributed by atoms with Gasteiger partial charge in [0, 0.05) is 28.8 Å². The number of fused-ring (bicyclic) bond motifs is 3. The van der Waals surface area contributed by atoms with Crippen LogP contribution in [0.15, 0.2) is 36.4 Å². The zero-order valence-corrected chi connectivity index (χ0v) is 18.1. The third-order valence-corrected chi connectivity index (χ3v) is 8.70. The van der Waals surface area contributed by atoms with Crippen molar-refractivity contribution in [3.63, 3.8) is 0 Å². The molecule has 29 heavy (non-hydrogen) atoms. The number of hydrogen-bond donors (Lipinski definition) is 1. The third kappa shape index (κ3) is 3.14. The zero-order chi connectivity index (χ0) is 18.7. The van der Waals surface area contributed by atoms with E-state index in [0.717, 1.165) is 52.0 Å². The van der Waals surface area contributed by atoms with Crippen LogP contribution in [-0.2, 0) is 21.6 Å². The molecule has 2 aromatic rings. The Bertz CT molecular complexity index is 897. The number of hydrogen-bond acceptors (Lipinski definition) is 4. The lowest BCUT2D eigenvalue weighted by atomic mass is 9.85. The van der Waals surface area contributed by atoms with Gasteiger partial charge in [-0.1, -0.05) is 30.3 Å². The minimum absolute atomic E-state index is 0. The number of nitrogens with one attached hydrogen (secondary N) is 1. The van der Waals surface area contributed by atoms with Gasteiger partial charge in [0.25, 0.3) is 0 Å². The maximum Gasteiger partial charge on any atom is 0.226 e. The summed E-state index contributed by atoms with van der Waals surface area (Å²) in [5.74, 6) is 1.90. The molecule has 4 nitrogen and oxygen atoms in total. The fraction of sp³-hybridized carbons (Fsp3) is 0.522. The zero-order valence-electron chi connectivity index (χ0n) is 16.4. The van der Waals surface area contributed by atoms with Crippen molar-refractivity contribution < 1.29 is 9.53 Å². The van der Waals surface area contributed by atoms with Gasteiger partial charge < -0.3 is 15.0 Å². The van der Waals surface area contributed by atoms with Gasteiger partial charge >= 0.3 is 0 Å². The number of nitrogens with zero attached hydrogens (tertiary/aromatic N) is 1. The normalized spacial score (nSPS) is 29.1. The number of piperidine rings is 2. The SMILES string of the molecule is Cl.O=C(C1[C@H]2CNC[C@@H]12)N1CCC2(CC1)OCCc1cc(-c3ccccc3)sc12. The van der Waals surface area contributed by atoms with Gasteiger partial charge in [0.05, 0.1) is 6.61 Å². The summed E-state index contributed by atoms with van der Waals surface area (Å²) in [6.07, 6.45) is 2.86. The summed E-state index contributed by atoms with van der Waals surface area (Å²) < 4.78 is 6.42. The molecule has 0 radical (unpaired) electrons. The summed E-state index contributed by atoms with van der Waals surface area (Å²) in [5.41, 5.74) is 2.57. The van der Waals surface area contributed by atoms with Crippen LogP contribution in [0.4, 0.5) is 0 Å². The maximum absolute atomic E-state index is 12.9. The summed E-state index contributed by atoms with van der Waals surface area (Å²) >= 11 is 1.90. The van der Waals surface area contributed by atoms with Crippen LogP contribution in [0.25, 0.3) is 10.4 Å². The van der Waals surface area contributed by atoms with Gasteiger partial charge in [-0.15, -0.1) is 23.7 Å². The summed E-state index contributed by atoms with van der Waals surface area (Å²) in [7, 11) is 0. The average molecular weight is 431 g/mol. The lowest BCUT2D eigenvalue weighted by Gasteiger charge is -2.44. The fourth-order valence-corrected chi connectivity index (χ4v) is 7.04. The van der Waals surface area contributed by atoms with Crippen LogP contribution < -0.4 is 5.32 Å². The van der Waals surface area contributed by atoms with E-state index in [0.29, 0.717) is 23.7 Å². The van der Waals surface area contributed by atoms with Crippen molar-refractivity contribution in [1.29, 1.82) is 0 Å². The Balaban J connectivity index is 0.00000181. The number of carbonyl (C=O) groups excluding carboxylic acids is 1. The third-order valence-electron chi connectivity index (χ3n) is 7.29. The topological polar surface area (TPSA) is 41.6 Å². The molecule has 1 N–H and O–H groups in total. The molecule has 0 bridgehead atoms. The van der Waals surface area contributed by atoms with E-state index in [-0.39, 0.29) is 18.0 Å². The van der Waals surface area contributed by atoms with E-state index in [1.54, 1.807) is 0 Å². The van der Waals surface area contributed by atoms with Crippen LogP contribution in [0.2, 0.25) is 0 Å². The second kappa shape index (κ2) is 7.38. The van der Waals surface area contributed by atoms with E-state index in [4.69, 9.17) is 4.74 Å². The number of halogens is 1. The van der Waals surface area contributed by atoms with Crippen LogP contribution in [-0.4, -0.2) is 43.6 Å². The largest absolute Gasteiger partial charge is 0.369 e. The molecule has 1 amide bonds. The highest BCUT2D eigenvalue weighted by molar-refractivity contribution is 7.15. The molecule has 4 aliphatic rings. The van der Waals surface area contributed by atoms with E-state index < -0.39 is 0 Å². The first-order valence-electron chi connectivity index (χ1n) is 10.6. The standard InChI is InChI=1S/C23H26N2O2S.ClH/c26-22(20-17-13-24-14-18(17)20)25-9-7-23(8-10-25)21-16(6-11-27-23)12-19(28-21)15-4-2-1-3-5-15;/h1-5,12,17-18,20,24H,6-11,13-14H2;1H/t17-,18+,20?;. The Morgan fingerprint density at radius 2 is 1.86 bits per heavy atom. The number of rotatable bonds is 2. The van der Waals surface area contributed by atoms with Crippen molar-refractivity contribution in [3.8, 4) is 10.4 Å². The molecule has 1 aliphatic carbocycles. The number of ether oxygens (including phenoxy) is 1. The van der Waals surface area contributed by atoms with Gasteiger partial charge in [0.1, 0.15) is 5.60 Å². The Hall–Kier alpha value is -1.40. The lowest BCUT2D eigenvalue weighted by molar-refractivity contribution is -0.142. The van der Waals surface area contributed by atoms with Gasteiger partial charge in [0.15, 0.2) is 0 Å². The number of amides is 1. The summed E-state index contributed by atoms with van der Waals surface area (Å²) in [6.45, 7) is 4.52. The molecular formula is C23H27ClN2O2S. The van der Waals surface area contributed by atoms with Crippen LogP contribution in [0.3, 0.4) is 0 Å². The predicted molar refractivity (Wildman–Crippen MR) is 117 cm³/mol. The summed E-state index contributed by atoms with van der Waals surface area (Å²) in [5, 5.41) is 3.39. The monoisotopic (exact) mass is 430 g/mol. The van der Waals surface area contributed by atoms with Crippen molar-refractivity contribution in [1.82, 2.24) is 10.2 Å². The number of thiophene rings is 1. The van der Waals surface area contributed by atoms with Crippen LogP contribution in [0.1, 0.15) is 23.3 Å². The van der Waals surface area contributed by atoms with Gasteiger partial charge in [-0.05, 0) is 61.4 Å². The highest BCUT2D eigenvalue weighted by Gasteiger charge is 2.58. The fourth-order valence-electron chi connectivity index (χ4n) is 5.62. The Morgan fingerprint density at radius 1 is 1.14 bits per heavy atom. The number of likely N-dealkylation sites (tertiary alicyclic amines) is 1. The molecule has 1 saturated carbocycles. The molecular weight excluding hydrogens is 404 g/mol. The minimum atomic E-state index is -0.178. The average Bonchev–Trinajstić information content (AvgIpc) is 3.09. The lowest BCUT2D eigenvalue weighted by Crippen LogP contribution is -2.48. The second-order valence-electron chi connectivity index (χ2n) is 8.76. The molecule has 1 spiro atoms. The van der Waals surface area contributed by atoms with Crippen LogP contribution in [0, 0.1) is 17.8 Å². The first-order valence-corrected chi connectivity index (χ1v) is 11.4. The Morgan fingerprint density at radius 3 is 2.59 bits per heavy atom. The molecule has 3 fully saturated rings. The Kier molecular flexibility index (Phi) is 4.98. The molecule has 1 aromatic heterocycles. The van der Waals surface area contributed by atoms with E-state index in [2.05, 4.69) is 46.6 Å². The quantitative estimate of drug-likeness (QED) is 0.789. The van der Waals surface area contributed by atoms with E-state index in [1.807, 2.05) is 11.3 Å². The Labute approximate surface area is 182 Å². The van der Waals surface area contributed by atoms with E-state index in [1.165, 1.54) is 20.9 Å². The van der Waals surface area contributed by atoms with Gasteiger partial charge in [0.2, 0.25) is 5.91 Å². The van der Waals surface area contributed by atoms with Gasteiger partial charge in [-0.2, -0.15) is 0 Å². The highest BCUT2D eigenvalue weighted by Crippen LogP contribution is 2.51. The minimum Gasteiger partial charge on any atom is -0.369 e. The van der Waals surface area contributed by atoms with Crippen LogP contribution >= 0.6 is 23.7 Å². The molecule has 3 atom stereocenters. The number of carbonyl (C=O) groups is 1. The van der Waals surface area contributed by atoms with Crippen molar-refractivity contribution in [3.05, 3.63) is 46.8 Å². The van der Waals surface area contributed by atoms with Crippen molar-refractivity contribution >= 4 is 29.7 Å². The van der Waals surface area contributed by atoms with Crippen molar-refractivity contribution in [2.24, 2.45) is 17.8 Å². The predicted octanol–water partition coefficient (Wildman–Crippen LogP) is 3.69. The van der Waals surface area contributed by atoms with E-state index in [9.17, 15) is 4.79 Å². The van der Waals surface area contributed by atoms with Gasteiger partial charge in [-0.25, -0.2) is 0 Å². The number of benzene rings is 1. The summed E-state index contributed by atoms with van der Waals surface area (Å²) in [4.78, 5) is 17.8. The smallest absolute Gasteiger partial charge is 0.226 e. The first-order chi connectivity index (χ1) is 13.8. The molecule has 6 rings (SSSR count). The molecule has 6 heteroatoms. The van der Waals surface area contributed by atoms with E-state index >= 15 is 0 Å². The van der Waals surface area contributed by atoms with Gasteiger partial charge in [-0.3, -0.25) is 4.79 Å². The highest BCUT2D eigenvalue weighted by atomic mass is 35.5. The molecule has 3 aliphatic heterocycles. The second-order valence-corrected chi connectivity index (χ2v) is 9.81.